The van der Waals surface area contributed by atoms with Crippen molar-refractivity contribution in [1.29, 1.82) is 0 Å². The molecule has 1 aromatic carbocycles. The van der Waals surface area contributed by atoms with Gasteiger partial charge in [-0.3, -0.25) is 4.79 Å². The molecule has 2 rings (SSSR count). The summed E-state index contributed by atoms with van der Waals surface area (Å²) in [7, 11) is 1.58. The molecule has 106 valence electrons. The third-order valence-electron chi connectivity index (χ3n) is 2.90. The Morgan fingerprint density at radius 1 is 1.40 bits per heavy atom. The topological polar surface area (TPSA) is 54.0 Å². The molecule has 0 spiro atoms. The normalized spacial score (nSPS) is 11.2. The van der Waals surface area contributed by atoms with Crippen LogP contribution in [-0.2, 0) is 5.54 Å². The lowest BCUT2D eigenvalue weighted by Gasteiger charge is -2.24. The fourth-order valence-corrected chi connectivity index (χ4v) is 2.62. The van der Waals surface area contributed by atoms with Crippen molar-refractivity contribution in [3.63, 3.8) is 0 Å². The highest BCUT2D eigenvalue weighted by atomic mass is 32.1. The van der Waals surface area contributed by atoms with Crippen LogP contribution >= 0.6 is 11.3 Å². The number of halogens is 1. The van der Waals surface area contributed by atoms with Crippen LogP contribution in [0.4, 0.5) is 10.1 Å². The molecule has 0 fully saturated rings. The highest BCUT2D eigenvalue weighted by Gasteiger charge is 2.27. The van der Waals surface area contributed by atoms with Gasteiger partial charge in [0.2, 0.25) is 0 Å². The van der Waals surface area contributed by atoms with E-state index in [1.54, 1.807) is 19.3 Å². The molecule has 0 unspecified atom stereocenters. The van der Waals surface area contributed by atoms with Crippen molar-refractivity contribution < 1.29 is 9.18 Å². The molecule has 6 heteroatoms. The maximum absolute atomic E-state index is 13.7. The Labute approximate surface area is 121 Å². The third kappa shape index (κ3) is 2.80. The van der Waals surface area contributed by atoms with E-state index in [1.807, 2.05) is 19.2 Å². The molecule has 0 aliphatic carbocycles. The Morgan fingerprint density at radius 3 is 2.75 bits per heavy atom. The summed E-state index contributed by atoms with van der Waals surface area (Å²) in [6.45, 7) is 3.73. The number of hydrogen-bond donors (Lipinski definition) is 2. The number of para-hydroxylation sites is 1. The van der Waals surface area contributed by atoms with Gasteiger partial charge in [-0.15, -0.1) is 11.3 Å². The molecule has 0 radical (unpaired) electrons. The Balaban J connectivity index is 2.27. The molecule has 4 nitrogen and oxygen atoms in total. The van der Waals surface area contributed by atoms with Crippen molar-refractivity contribution in [2.75, 3.05) is 12.4 Å². The molecule has 1 aromatic heterocycles. The van der Waals surface area contributed by atoms with Gasteiger partial charge in [0.1, 0.15) is 10.8 Å². The van der Waals surface area contributed by atoms with Gasteiger partial charge in [0, 0.05) is 18.6 Å². The number of carbonyl (C=O) groups excluding carboxylic acids is 1. The first-order valence-corrected chi connectivity index (χ1v) is 7.02. The van der Waals surface area contributed by atoms with E-state index in [4.69, 9.17) is 0 Å². The van der Waals surface area contributed by atoms with Crippen LogP contribution in [-0.4, -0.2) is 17.9 Å². The first kappa shape index (κ1) is 14.5. The monoisotopic (exact) mass is 293 g/mol. The lowest BCUT2D eigenvalue weighted by atomic mass is 10.0. The number of carbonyl (C=O) groups is 1. The van der Waals surface area contributed by atoms with E-state index >= 15 is 0 Å². The summed E-state index contributed by atoms with van der Waals surface area (Å²) in [6.07, 6.45) is 1.69. The number of nitrogens with one attached hydrogen (secondary N) is 2. The van der Waals surface area contributed by atoms with Crippen LogP contribution in [0.25, 0.3) is 0 Å². The van der Waals surface area contributed by atoms with Gasteiger partial charge in [0.25, 0.3) is 5.91 Å². The average molecular weight is 293 g/mol. The fraction of sp³-hybridized carbons (Fsp3) is 0.286. The molecule has 1 heterocycles. The van der Waals surface area contributed by atoms with Gasteiger partial charge in [-0.2, -0.15) is 0 Å². The van der Waals surface area contributed by atoms with Crippen LogP contribution in [0, 0.1) is 5.82 Å². The summed E-state index contributed by atoms with van der Waals surface area (Å²) in [5.74, 6) is -0.791. The smallest absolute Gasteiger partial charge is 0.254 e. The molecular formula is C14H16FN3OS. The molecule has 0 aliphatic heterocycles. The Hall–Kier alpha value is -1.95. The van der Waals surface area contributed by atoms with Gasteiger partial charge < -0.3 is 10.6 Å². The summed E-state index contributed by atoms with van der Waals surface area (Å²) in [6, 6.07) is 4.41. The maximum Gasteiger partial charge on any atom is 0.254 e. The van der Waals surface area contributed by atoms with Crippen LogP contribution in [0.15, 0.2) is 29.8 Å². The van der Waals surface area contributed by atoms with Crippen LogP contribution in [0.1, 0.15) is 29.2 Å². The highest BCUT2D eigenvalue weighted by molar-refractivity contribution is 7.09. The van der Waals surface area contributed by atoms with Crippen LogP contribution in [0.2, 0.25) is 0 Å². The second-order valence-corrected chi connectivity index (χ2v) is 5.72. The van der Waals surface area contributed by atoms with Gasteiger partial charge >= 0.3 is 0 Å². The predicted molar refractivity (Wildman–Crippen MR) is 78.6 cm³/mol. The van der Waals surface area contributed by atoms with E-state index in [1.165, 1.54) is 23.5 Å². The van der Waals surface area contributed by atoms with Crippen molar-refractivity contribution in [1.82, 2.24) is 10.3 Å². The molecule has 20 heavy (non-hydrogen) atoms. The number of aromatic nitrogens is 1. The Kier molecular flexibility index (Phi) is 4.04. The van der Waals surface area contributed by atoms with Crippen molar-refractivity contribution in [3.05, 3.63) is 46.2 Å². The summed E-state index contributed by atoms with van der Waals surface area (Å²) in [5, 5.41) is 8.25. The molecule has 0 atom stereocenters. The molecule has 0 bridgehead atoms. The van der Waals surface area contributed by atoms with Crippen LogP contribution in [0.5, 0.6) is 0 Å². The minimum Gasteiger partial charge on any atom is -0.385 e. The van der Waals surface area contributed by atoms with E-state index in [0.29, 0.717) is 0 Å². The van der Waals surface area contributed by atoms with Crippen LogP contribution in [0.3, 0.4) is 0 Å². The van der Waals surface area contributed by atoms with Crippen LogP contribution < -0.4 is 10.6 Å². The lowest BCUT2D eigenvalue weighted by molar-refractivity contribution is 0.0912. The Bertz CT molecular complexity index is 611. The number of nitrogens with zero attached hydrogens (tertiary/aromatic N) is 1. The van der Waals surface area contributed by atoms with Gasteiger partial charge in [0.15, 0.2) is 0 Å². The Morgan fingerprint density at radius 2 is 2.15 bits per heavy atom. The van der Waals surface area contributed by atoms with Gasteiger partial charge in [-0.1, -0.05) is 6.07 Å². The largest absolute Gasteiger partial charge is 0.385 e. The van der Waals surface area contributed by atoms with E-state index in [-0.39, 0.29) is 17.2 Å². The molecule has 0 saturated carbocycles. The average Bonchev–Trinajstić information content (AvgIpc) is 2.92. The van der Waals surface area contributed by atoms with E-state index in [9.17, 15) is 9.18 Å². The minimum atomic E-state index is -0.609. The predicted octanol–water partition coefficient (Wildman–Crippen LogP) is 2.99. The first-order chi connectivity index (χ1) is 9.45. The van der Waals surface area contributed by atoms with Crippen molar-refractivity contribution >= 4 is 22.9 Å². The molecule has 2 N–H and O–H groups in total. The van der Waals surface area contributed by atoms with Gasteiger partial charge in [0.05, 0.1) is 16.8 Å². The first-order valence-electron chi connectivity index (χ1n) is 6.14. The third-order valence-corrected chi connectivity index (χ3v) is 4.00. The van der Waals surface area contributed by atoms with Crippen molar-refractivity contribution in [2.24, 2.45) is 0 Å². The quantitative estimate of drug-likeness (QED) is 0.911. The standard InChI is InChI=1S/C14H16FN3OS/c1-14(2,13-17-7-8-20-13)18-12(19)9-5-4-6-10(15)11(9)16-3/h4-8,16H,1-3H3,(H,18,19). The summed E-state index contributed by atoms with van der Waals surface area (Å²) < 4.78 is 13.7. The summed E-state index contributed by atoms with van der Waals surface area (Å²) in [4.78, 5) is 16.6. The van der Waals surface area contributed by atoms with E-state index in [2.05, 4.69) is 15.6 Å². The molecular weight excluding hydrogens is 277 g/mol. The molecule has 1 amide bonds. The number of rotatable bonds is 4. The maximum atomic E-state index is 13.7. The second kappa shape index (κ2) is 5.58. The zero-order valence-corrected chi connectivity index (χ0v) is 12.3. The second-order valence-electron chi connectivity index (χ2n) is 4.83. The number of anilines is 1. The lowest BCUT2D eigenvalue weighted by Crippen LogP contribution is -2.41. The number of benzene rings is 1. The highest BCUT2D eigenvalue weighted by Crippen LogP contribution is 2.24. The molecule has 0 aliphatic rings. The summed E-state index contributed by atoms with van der Waals surface area (Å²) in [5.41, 5.74) is -0.139. The zero-order valence-electron chi connectivity index (χ0n) is 11.5. The minimum absolute atomic E-state index is 0.194. The van der Waals surface area contributed by atoms with Gasteiger partial charge in [-0.25, -0.2) is 9.37 Å². The molecule has 2 aromatic rings. The van der Waals surface area contributed by atoms with E-state index in [0.717, 1.165) is 5.01 Å². The zero-order chi connectivity index (χ0) is 14.8. The number of amides is 1. The molecule has 0 saturated heterocycles. The SMILES string of the molecule is CNc1c(F)cccc1C(=O)NC(C)(C)c1nccs1. The van der Waals surface area contributed by atoms with Gasteiger partial charge in [-0.05, 0) is 26.0 Å². The number of hydrogen-bond acceptors (Lipinski definition) is 4. The van der Waals surface area contributed by atoms with Crippen molar-refractivity contribution in [2.45, 2.75) is 19.4 Å². The fourth-order valence-electron chi connectivity index (χ4n) is 1.90. The van der Waals surface area contributed by atoms with Crippen molar-refractivity contribution in [3.8, 4) is 0 Å². The number of thiazole rings is 1. The summed E-state index contributed by atoms with van der Waals surface area (Å²) >= 11 is 1.46. The van der Waals surface area contributed by atoms with E-state index < -0.39 is 11.4 Å².